The fourth-order valence-corrected chi connectivity index (χ4v) is 3.57. The summed E-state index contributed by atoms with van der Waals surface area (Å²) in [6.45, 7) is 2.70. The first-order valence-electron chi connectivity index (χ1n) is 9.34. The smallest absolute Gasteiger partial charge is 0.135 e. The second-order valence-corrected chi connectivity index (χ2v) is 6.97. The molecule has 0 saturated carbocycles. The molecule has 7 nitrogen and oxygen atoms in total. The van der Waals surface area contributed by atoms with Gasteiger partial charge in [-0.3, -0.25) is 9.58 Å². The maximum atomic E-state index is 9.83. The number of rotatable bonds is 5. The van der Waals surface area contributed by atoms with Gasteiger partial charge in [0.15, 0.2) is 0 Å². The molecule has 1 aliphatic heterocycles. The maximum Gasteiger partial charge on any atom is 0.135 e. The third-order valence-corrected chi connectivity index (χ3v) is 4.98. The number of benzene rings is 1. The predicted octanol–water partition coefficient (Wildman–Crippen LogP) is 2.45. The number of aliphatic hydroxyl groups excluding tert-OH is 2. The van der Waals surface area contributed by atoms with Gasteiger partial charge < -0.3 is 14.6 Å². The highest BCUT2D eigenvalue weighted by atomic mass is 16.3. The topological polar surface area (TPSA) is 98.5 Å². The largest absolute Gasteiger partial charge is 0.460 e. The Labute approximate surface area is 163 Å². The zero-order valence-corrected chi connectivity index (χ0v) is 15.5. The number of fused-ring (bicyclic) bond motifs is 1. The summed E-state index contributed by atoms with van der Waals surface area (Å²) in [5, 5.41) is 32.7. The maximum absolute atomic E-state index is 9.83. The molecular weight excluding hydrogens is 356 g/mol. The van der Waals surface area contributed by atoms with E-state index in [1.54, 1.807) is 6.07 Å². The van der Waals surface area contributed by atoms with E-state index in [4.69, 9.17) is 9.52 Å². The highest BCUT2D eigenvalue weighted by molar-refractivity contribution is 5.66. The number of furan rings is 1. The van der Waals surface area contributed by atoms with Crippen molar-refractivity contribution in [1.82, 2.24) is 14.7 Å². The third-order valence-electron chi connectivity index (χ3n) is 4.98. The summed E-state index contributed by atoms with van der Waals surface area (Å²) in [7, 11) is 0. The summed E-state index contributed by atoms with van der Waals surface area (Å²) in [5.74, 6) is 1.53. The molecule has 1 aliphatic rings. The van der Waals surface area contributed by atoms with Gasteiger partial charge in [0.05, 0.1) is 36.2 Å². The van der Waals surface area contributed by atoms with Crippen molar-refractivity contribution in [2.45, 2.75) is 32.2 Å². The van der Waals surface area contributed by atoms with Crippen LogP contribution in [0.1, 0.15) is 35.2 Å². The van der Waals surface area contributed by atoms with Gasteiger partial charge in [0.2, 0.25) is 0 Å². The summed E-state index contributed by atoms with van der Waals surface area (Å²) in [6.07, 6.45) is -0.00512. The number of nitrogens with zero attached hydrogens (tertiary/aromatic N) is 4. The summed E-state index contributed by atoms with van der Waals surface area (Å²) < 4.78 is 7.92. The first-order valence-corrected chi connectivity index (χ1v) is 9.34. The van der Waals surface area contributed by atoms with Gasteiger partial charge in [0, 0.05) is 25.2 Å². The number of nitriles is 1. The van der Waals surface area contributed by atoms with Crippen LogP contribution < -0.4 is 0 Å². The van der Waals surface area contributed by atoms with Crippen LogP contribution in [0.25, 0.3) is 11.3 Å². The number of hydrogen-bond acceptors (Lipinski definition) is 6. The van der Waals surface area contributed by atoms with Crippen LogP contribution in [-0.4, -0.2) is 38.0 Å². The van der Waals surface area contributed by atoms with E-state index in [1.165, 1.54) is 0 Å². The molecule has 0 aliphatic carbocycles. The minimum absolute atomic E-state index is 0.334. The Morgan fingerprint density at radius 1 is 1.21 bits per heavy atom. The lowest BCUT2D eigenvalue weighted by Crippen LogP contribution is -2.22. The summed E-state index contributed by atoms with van der Waals surface area (Å²) in [5.41, 5.74) is 2.92. The Balaban J connectivity index is 1.50. The van der Waals surface area contributed by atoms with Gasteiger partial charge in [-0.25, -0.2) is 0 Å². The van der Waals surface area contributed by atoms with Gasteiger partial charge in [-0.2, -0.15) is 10.4 Å². The average molecular weight is 378 g/mol. The minimum Gasteiger partial charge on any atom is -0.460 e. The Hall–Kier alpha value is -2.92. The molecule has 0 radical (unpaired) electrons. The second kappa shape index (κ2) is 7.98. The van der Waals surface area contributed by atoms with Gasteiger partial charge in [-0.15, -0.1) is 0 Å². The molecule has 144 valence electrons. The van der Waals surface area contributed by atoms with E-state index in [-0.39, 0.29) is 6.61 Å². The van der Waals surface area contributed by atoms with Crippen molar-refractivity contribution < 1.29 is 14.6 Å². The normalized spacial score (nSPS) is 15.6. The SMILES string of the molecule is N#Cc1ccccc1-c1ccc(CN2CCCn3nc([C@H](O)CO)cc3C2)o1. The van der Waals surface area contributed by atoms with E-state index in [0.717, 1.165) is 36.5 Å². The Morgan fingerprint density at radius 2 is 2.07 bits per heavy atom. The highest BCUT2D eigenvalue weighted by Crippen LogP contribution is 2.27. The third kappa shape index (κ3) is 3.71. The van der Waals surface area contributed by atoms with Crippen molar-refractivity contribution in [3.8, 4) is 17.4 Å². The summed E-state index contributed by atoms with van der Waals surface area (Å²) in [6, 6.07) is 15.3. The van der Waals surface area contributed by atoms with Crippen molar-refractivity contribution >= 4 is 0 Å². The van der Waals surface area contributed by atoms with Crippen LogP contribution >= 0.6 is 0 Å². The zero-order valence-electron chi connectivity index (χ0n) is 15.5. The van der Waals surface area contributed by atoms with Crippen molar-refractivity contribution in [2.24, 2.45) is 0 Å². The fourth-order valence-electron chi connectivity index (χ4n) is 3.57. The lowest BCUT2D eigenvalue weighted by atomic mass is 10.1. The predicted molar refractivity (Wildman–Crippen MR) is 102 cm³/mol. The number of hydrogen-bond donors (Lipinski definition) is 2. The van der Waals surface area contributed by atoms with Crippen molar-refractivity contribution in [2.75, 3.05) is 13.2 Å². The molecule has 1 aromatic carbocycles. The van der Waals surface area contributed by atoms with Crippen LogP contribution in [0.2, 0.25) is 0 Å². The minimum atomic E-state index is -0.944. The molecule has 2 aromatic heterocycles. The second-order valence-electron chi connectivity index (χ2n) is 6.97. The molecule has 7 heteroatoms. The van der Waals surface area contributed by atoms with Crippen LogP contribution in [0.15, 0.2) is 46.9 Å². The molecule has 0 unspecified atom stereocenters. The Bertz CT molecular complexity index is 1000. The van der Waals surface area contributed by atoms with E-state index in [0.29, 0.717) is 30.1 Å². The zero-order chi connectivity index (χ0) is 19.5. The van der Waals surface area contributed by atoms with Crippen LogP contribution in [0.3, 0.4) is 0 Å². The number of aryl methyl sites for hydroxylation is 1. The van der Waals surface area contributed by atoms with Crippen molar-refractivity contribution in [1.29, 1.82) is 5.26 Å². The highest BCUT2D eigenvalue weighted by Gasteiger charge is 2.20. The van der Waals surface area contributed by atoms with Crippen molar-refractivity contribution in [3.63, 3.8) is 0 Å². The first-order chi connectivity index (χ1) is 13.7. The molecule has 0 spiro atoms. The first kappa shape index (κ1) is 18.4. The lowest BCUT2D eigenvalue weighted by Gasteiger charge is -2.17. The van der Waals surface area contributed by atoms with Crippen LogP contribution in [0, 0.1) is 11.3 Å². The Kier molecular flexibility index (Phi) is 5.26. The van der Waals surface area contributed by atoms with Crippen LogP contribution in [-0.2, 0) is 19.6 Å². The molecule has 2 N–H and O–H groups in total. The summed E-state index contributed by atoms with van der Waals surface area (Å²) in [4.78, 5) is 2.27. The molecule has 1 atom stereocenters. The van der Waals surface area contributed by atoms with Crippen LogP contribution in [0.5, 0.6) is 0 Å². The molecule has 4 rings (SSSR count). The molecule has 0 fully saturated rings. The Morgan fingerprint density at radius 3 is 2.89 bits per heavy atom. The molecule has 0 amide bonds. The molecule has 3 aromatic rings. The molecule has 28 heavy (non-hydrogen) atoms. The molecular formula is C21H22N4O3. The fraction of sp³-hybridized carbons (Fsp3) is 0.333. The lowest BCUT2D eigenvalue weighted by molar-refractivity contribution is 0.0916. The molecule has 0 saturated heterocycles. The van der Waals surface area contributed by atoms with E-state index in [1.807, 2.05) is 41.1 Å². The average Bonchev–Trinajstić information content (AvgIpc) is 3.30. The van der Waals surface area contributed by atoms with Gasteiger partial charge in [0.1, 0.15) is 17.6 Å². The van der Waals surface area contributed by atoms with Crippen LogP contribution in [0.4, 0.5) is 0 Å². The van der Waals surface area contributed by atoms with E-state index in [9.17, 15) is 10.4 Å². The van der Waals surface area contributed by atoms with Gasteiger partial charge >= 0.3 is 0 Å². The van der Waals surface area contributed by atoms with E-state index >= 15 is 0 Å². The van der Waals surface area contributed by atoms with Gasteiger partial charge in [-0.1, -0.05) is 12.1 Å². The molecule has 3 heterocycles. The van der Waals surface area contributed by atoms with Gasteiger partial charge in [0.25, 0.3) is 0 Å². The molecule has 0 bridgehead atoms. The number of aromatic nitrogens is 2. The quantitative estimate of drug-likeness (QED) is 0.708. The monoisotopic (exact) mass is 378 g/mol. The summed E-state index contributed by atoms with van der Waals surface area (Å²) >= 11 is 0. The number of aliphatic hydroxyl groups is 2. The van der Waals surface area contributed by atoms with Crippen molar-refractivity contribution in [3.05, 3.63) is 65.2 Å². The van der Waals surface area contributed by atoms with Gasteiger partial charge in [-0.05, 0) is 36.8 Å². The standard InChI is InChI=1S/C21H22N4O3/c22-11-15-4-1-2-5-18(15)21-7-6-17(28-21)13-24-8-3-9-25-16(12-24)10-19(23-25)20(27)14-26/h1-2,4-7,10,20,26-27H,3,8-9,12-14H2/t20-/m1/s1. The van der Waals surface area contributed by atoms with E-state index in [2.05, 4.69) is 16.1 Å². The van der Waals surface area contributed by atoms with E-state index < -0.39 is 6.10 Å².